The highest BCUT2D eigenvalue weighted by Crippen LogP contribution is 2.23. The molecule has 1 aliphatic rings. The molecule has 7 nitrogen and oxygen atoms in total. The summed E-state index contributed by atoms with van der Waals surface area (Å²) >= 11 is 13.3. The summed E-state index contributed by atoms with van der Waals surface area (Å²) in [6.45, 7) is 1.82. The normalized spacial score (nSPS) is 15.6. The molecule has 1 aromatic heterocycles. The lowest BCUT2D eigenvalue weighted by Crippen LogP contribution is -2.37. The molecule has 2 aromatic rings. The SMILES string of the molecule is C[C@@H](NC(=O)c1ccc(Cl)cc1Cl)c1nnc(SCC(=O)NC2CCCCC2)n1C. The molecule has 1 saturated carbocycles. The number of hydrogen-bond acceptors (Lipinski definition) is 5. The van der Waals surface area contributed by atoms with Crippen LogP contribution >= 0.6 is 35.0 Å². The van der Waals surface area contributed by atoms with Gasteiger partial charge in [-0.15, -0.1) is 10.2 Å². The summed E-state index contributed by atoms with van der Waals surface area (Å²) in [6, 6.07) is 4.61. The number of carbonyl (C=O) groups excluding carboxylic acids is 2. The lowest BCUT2D eigenvalue weighted by Gasteiger charge is -2.22. The standard InChI is InChI=1S/C20H25Cl2N5O2S/c1-12(23-19(29)15-9-8-13(21)10-16(15)22)18-25-26-20(27(18)2)30-11-17(28)24-14-6-4-3-5-7-14/h8-10,12,14H,3-7,11H2,1-2H3,(H,23,29)(H,24,28)/t12-/m1/s1. The summed E-state index contributed by atoms with van der Waals surface area (Å²) in [4.78, 5) is 24.8. The van der Waals surface area contributed by atoms with Crippen LogP contribution in [0.2, 0.25) is 10.0 Å². The van der Waals surface area contributed by atoms with Gasteiger partial charge < -0.3 is 15.2 Å². The highest BCUT2D eigenvalue weighted by atomic mass is 35.5. The quantitative estimate of drug-likeness (QED) is 0.594. The van der Waals surface area contributed by atoms with E-state index in [4.69, 9.17) is 23.2 Å². The van der Waals surface area contributed by atoms with E-state index in [2.05, 4.69) is 20.8 Å². The van der Waals surface area contributed by atoms with Crippen LogP contribution in [0.3, 0.4) is 0 Å². The molecule has 0 unspecified atom stereocenters. The van der Waals surface area contributed by atoms with Gasteiger partial charge in [-0.2, -0.15) is 0 Å². The molecule has 1 heterocycles. The zero-order valence-electron chi connectivity index (χ0n) is 17.0. The van der Waals surface area contributed by atoms with E-state index in [1.807, 2.05) is 14.0 Å². The smallest absolute Gasteiger partial charge is 0.253 e. The van der Waals surface area contributed by atoms with Crippen molar-refractivity contribution in [3.8, 4) is 0 Å². The van der Waals surface area contributed by atoms with Crippen molar-refractivity contribution in [2.75, 3.05) is 5.75 Å². The minimum absolute atomic E-state index is 0.00943. The number of carbonyl (C=O) groups is 2. The third-order valence-electron chi connectivity index (χ3n) is 5.08. The van der Waals surface area contributed by atoms with E-state index in [0.717, 1.165) is 12.8 Å². The van der Waals surface area contributed by atoms with Crippen molar-refractivity contribution in [1.29, 1.82) is 0 Å². The Hall–Kier alpha value is -1.77. The van der Waals surface area contributed by atoms with Gasteiger partial charge in [-0.3, -0.25) is 9.59 Å². The molecule has 1 aliphatic carbocycles. The van der Waals surface area contributed by atoms with Crippen molar-refractivity contribution in [2.24, 2.45) is 7.05 Å². The van der Waals surface area contributed by atoms with Crippen molar-refractivity contribution < 1.29 is 9.59 Å². The summed E-state index contributed by atoms with van der Waals surface area (Å²) in [7, 11) is 1.81. The Morgan fingerprint density at radius 1 is 1.23 bits per heavy atom. The van der Waals surface area contributed by atoms with E-state index in [0.29, 0.717) is 21.6 Å². The molecule has 1 atom stereocenters. The third-order valence-corrected chi connectivity index (χ3v) is 6.65. The van der Waals surface area contributed by atoms with Gasteiger partial charge in [0.15, 0.2) is 11.0 Å². The second-order valence-corrected chi connectivity index (χ2v) is 9.20. The molecule has 0 saturated heterocycles. The number of amides is 2. The van der Waals surface area contributed by atoms with E-state index in [1.54, 1.807) is 16.7 Å². The molecule has 162 valence electrons. The molecule has 3 rings (SSSR count). The molecule has 0 radical (unpaired) electrons. The molecular formula is C20H25Cl2N5O2S. The maximum absolute atomic E-state index is 12.5. The Morgan fingerprint density at radius 2 is 1.97 bits per heavy atom. The summed E-state index contributed by atoms with van der Waals surface area (Å²) < 4.78 is 1.78. The van der Waals surface area contributed by atoms with E-state index < -0.39 is 6.04 Å². The average Bonchev–Trinajstić information content (AvgIpc) is 3.07. The number of rotatable bonds is 7. The monoisotopic (exact) mass is 469 g/mol. The van der Waals surface area contributed by atoms with Crippen LogP contribution in [0.15, 0.2) is 23.4 Å². The molecule has 2 amide bonds. The van der Waals surface area contributed by atoms with E-state index in [9.17, 15) is 9.59 Å². The Morgan fingerprint density at radius 3 is 2.67 bits per heavy atom. The van der Waals surface area contributed by atoms with Crippen LogP contribution in [-0.2, 0) is 11.8 Å². The first kappa shape index (κ1) is 22.9. The molecule has 30 heavy (non-hydrogen) atoms. The zero-order valence-corrected chi connectivity index (χ0v) is 19.3. The Bertz CT molecular complexity index is 915. The number of aromatic nitrogens is 3. The highest BCUT2D eigenvalue weighted by Gasteiger charge is 2.21. The highest BCUT2D eigenvalue weighted by molar-refractivity contribution is 7.99. The van der Waals surface area contributed by atoms with Gasteiger partial charge in [-0.25, -0.2) is 0 Å². The largest absolute Gasteiger partial charge is 0.353 e. The maximum atomic E-state index is 12.5. The molecule has 0 aliphatic heterocycles. The molecule has 1 fully saturated rings. The van der Waals surface area contributed by atoms with Crippen LogP contribution in [0.4, 0.5) is 0 Å². The van der Waals surface area contributed by atoms with Crippen LogP contribution in [0.25, 0.3) is 0 Å². The zero-order chi connectivity index (χ0) is 21.7. The number of nitrogens with zero attached hydrogens (tertiary/aromatic N) is 3. The second-order valence-electron chi connectivity index (χ2n) is 7.41. The van der Waals surface area contributed by atoms with E-state index in [-0.39, 0.29) is 28.6 Å². The van der Waals surface area contributed by atoms with Gasteiger partial charge in [-0.1, -0.05) is 54.2 Å². The van der Waals surface area contributed by atoms with Crippen LogP contribution in [-0.4, -0.2) is 38.4 Å². The Balaban J connectivity index is 1.55. The minimum atomic E-state index is -0.396. The van der Waals surface area contributed by atoms with Gasteiger partial charge in [0.05, 0.1) is 22.4 Å². The first-order valence-corrected chi connectivity index (χ1v) is 11.7. The summed E-state index contributed by atoms with van der Waals surface area (Å²) in [5.41, 5.74) is 0.337. The lowest BCUT2D eigenvalue weighted by molar-refractivity contribution is -0.119. The van der Waals surface area contributed by atoms with Gasteiger partial charge in [0.1, 0.15) is 0 Å². The third kappa shape index (κ3) is 5.89. The lowest BCUT2D eigenvalue weighted by atomic mass is 9.95. The number of thioether (sulfide) groups is 1. The van der Waals surface area contributed by atoms with Crippen LogP contribution in [0, 0.1) is 0 Å². The summed E-state index contributed by atoms with van der Waals surface area (Å²) in [5, 5.41) is 15.7. The average molecular weight is 470 g/mol. The molecular weight excluding hydrogens is 445 g/mol. The van der Waals surface area contributed by atoms with Crippen molar-refractivity contribution >= 4 is 46.8 Å². The predicted molar refractivity (Wildman–Crippen MR) is 119 cm³/mol. The molecule has 10 heteroatoms. The first-order chi connectivity index (χ1) is 14.3. The topological polar surface area (TPSA) is 88.9 Å². The van der Waals surface area contributed by atoms with Gasteiger partial charge in [0.25, 0.3) is 5.91 Å². The van der Waals surface area contributed by atoms with Crippen molar-refractivity contribution in [3.05, 3.63) is 39.6 Å². The number of hydrogen-bond donors (Lipinski definition) is 2. The molecule has 2 N–H and O–H groups in total. The van der Waals surface area contributed by atoms with Gasteiger partial charge in [0.2, 0.25) is 5.91 Å². The number of benzene rings is 1. The second kappa shape index (κ2) is 10.5. The molecule has 0 bridgehead atoms. The van der Waals surface area contributed by atoms with Crippen LogP contribution in [0.5, 0.6) is 0 Å². The van der Waals surface area contributed by atoms with Crippen molar-refractivity contribution in [1.82, 2.24) is 25.4 Å². The van der Waals surface area contributed by atoms with Gasteiger partial charge in [0, 0.05) is 18.1 Å². The maximum Gasteiger partial charge on any atom is 0.253 e. The Labute approximate surface area is 190 Å². The van der Waals surface area contributed by atoms with E-state index in [1.165, 1.54) is 37.1 Å². The minimum Gasteiger partial charge on any atom is -0.353 e. The summed E-state index contributed by atoms with van der Waals surface area (Å²) in [5.74, 6) is 0.552. The van der Waals surface area contributed by atoms with Crippen LogP contribution in [0.1, 0.15) is 61.3 Å². The first-order valence-electron chi connectivity index (χ1n) is 9.92. The number of nitrogens with one attached hydrogen (secondary N) is 2. The fraction of sp³-hybridized carbons (Fsp3) is 0.500. The molecule has 0 spiro atoms. The fourth-order valence-electron chi connectivity index (χ4n) is 3.49. The number of halogens is 2. The van der Waals surface area contributed by atoms with Gasteiger partial charge in [-0.05, 0) is 38.0 Å². The van der Waals surface area contributed by atoms with E-state index >= 15 is 0 Å². The van der Waals surface area contributed by atoms with Crippen molar-refractivity contribution in [3.63, 3.8) is 0 Å². The fourth-order valence-corrected chi connectivity index (χ4v) is 4.71. The summed E-state index contributed by atoms with van der Waals surface area (Å²) in [6.07, 6.45) is 5.71. The Kier molecular flexibility index (Phi) is 8.02. The predicted octanol–water partition coefficient (Wildman–Crippen LogP) is 4.15. The molecule has 1 aromatic carbocycles. The van der Waals surface area contributed by atoms with Crippen molar-refractivity contribution in [2.45, 2.75) is 56.3 Å². The van der Waals surface area contributed by atoms with Gasteiger partial charge >= 0.3 is 0 Å². The van der Waals surface area contributed by atoms with Crippen LogP contribution < -0.4 is 10.6 Å².